The number of nitrogens with zero attached hydrogens (tertiary/aromatic N) is 3. The van der Waals surface area contributed by atoms with E-state index in [4.69, 9.17) is 0 Å². The maximum absolute atomic E-state index is 12.3. The number of rotatable bonds is 5. The number of benzene rings is 1. The van der Waals surface area contributed by atoms with Crippen LogP contribution in [0.1, 0.15) is 17.3 Å². The number of esters is 1. The summed E-state index contributed by atoms with van der Waals surface area (Å²) in [7, 11) is 1.18. The lowest BCUT2D eigenvalue weighted by Gasteiger charge is -2.35. The maximum Gasteiger partial charge on any atom is 0.325 e. The molecule has 0 aromatic heterocycles. The van der Waals surface area contributed by atoms with E-state index in [2.05, 4.69) is 10.1 Å². The van der Waals surface area contributed by atoms with Crippen LogP contribution in [0.2, 0.25) is 0 Å². The van der Waals surface area contributed by atoms with Gasteiger partial charge in [0.05, 0.1) is 12.0 Å². The molecule has 0 spiro atoms. The Morgan fingerprint density at radius 2 is 1.88 bits per heavy atom. The van der Waals surface area contributed by atoms with Crippen LogP contribution < -0.4 is 10.2 Å². The Labute approximate surface area is 149 Å². The minimum absolute atomic E-state index is 0.00349. The number of nitrogens with one attached hydrogen (secondary N) is 1. The fraction of sp³-hybridized carbons (Fsp3) is 0.438. The molecule has 1 aromatic carbocycles. The molecular weight excluding hydrogens is 344 g/mol. The molecule has 140 valence electrons. The predicted octanol–water partition coefficient (Wildman–Crippen LogP) is 0.166. The fourth-order valence-corrected chi connectivity index (χ4v) is 2.66. The summed E-state index contributed by atoms with van der Waals surface area (Å²) >= 11 is 0. The van der Waals surface area contributed by atoms with Gasteiger partial charge >= 0.3 is 5.97 Å². The van der Waals surface area contributed by atoms with Crippen LogP contribution in [-0.2, 0) is 14.3 Å². The van der Waals surface area contributed by atoms with E-state index in [0.717, 1.165) is 0 Å². The summed E-state index contributed by atoms with van der Waals surface area (Å²) in [4.78, 5) is 49.0. The van der Waals surface area contributed by atoms with Crippen LogP contribution in [0.5, 0.6) is 0 Å². The highest BCUT2D eigenvalue weighted by Gasteiger charge is 2.24. The first-order valence-corrected chi connectivity index (χ1v) is 7.97. The summed E-state index contributed by atoms with van der Waals surface area (Å²) in [6.07, 6.45) is 0. The fourth-order valence-electron chi connectivity index (χ4n) is 2.66. The van der Waals surface area contributed by atoms with E-state index >= 15 is 0 Å². The first kappa shape index (κ1) is 19.2. The number of hydrogen-bond donors (Lipinski definition) is 1. The molecule has 10 heteroatoms. The molecule has 2 rings (SSSR count). The third-order valence-electron chi connectivity index (χ3n) is 4.13. The molecule has 1 N–H and O–H groups in total. The summed E-state index contributed by atoms with van der Waals surface area (Å²) in [6.45, 7) is 3.31. The van der Waals surface area contributed by atoms with Crippen molar-refractivity contribution >= 4 is 29.2 Å². The van der Waals surface area contributed by atoms with Crippen LogP contribution in [0.25, 0.3) is 0 Å². The lowest BCUT2D eigenvalue weighted by Crippen LogP contribution is -2.48. The molecule has 1 aliphatic rings. The van der Waals surface area contributed by atoms with Crippen LogP contribution in [0, 0.1) is 10.1 Å². The lowest BCUT2D eigenvalue weighted by atomic mass is 10.1. The molecule has 0 aliphatic carbocycles. The number of carbonyl (C=O) groups is 3. The van der Waals surface area contributed by atoms with Crippen LogP contribution in [0.15, 0.2) is 18.2 Å². The van der Waals surface area contributed by atoms with E-state index < -0.39 is 16.8 Å². The highest BCUT2D eigenvalue weighted by atomic mass is 16.6. The number of nitro benzene ring substituents is 1. The van der Waals surface area contributed by atoms with Crippen molar-refractivity contribution in [1.29, 1.82) is 0 Å². The zero-order valence-electron chi connectivity index (χ0n) is 14.6. The Balaban J connectivity index is 2.20. The van der Waals surface area contributed by atoms with Crippen LogP contribution in [0.3, 0.4) is 0 Å². The van der Waals surface area contributed by atoms with Gasteiger partial charge in [-0.15, -0.1) is 0 Å². The third kappa shape index (κ3) is 4.47. The summed E-state index contributed by atoms with van der Waals surface area (Å²) in [5.41, 5.74) is 0.158. The van der Waals surface area contributed by atoms with Gasteiger partial charge in [0, 0.05) is 44.9 Å². The van der Waals surface area contributed by atoms with E-state index in [1.54, 1.807) is 11.0 Å². The van der Waals surface area contributed by atoms with Gasteiger partial charge in [-0.05, 0) is 12.1 Å². The van der Waals surface area contributed by atoms with E-state index in [-0.39, 0.29) is 23.7 Å². The molecule has 0 unspecified atom stereocenters. The van der Waals surface area contributed by atoms with Gasteiger partial charge in [0.15, 0.2) is 0 Å². The highest BCUT2D eigenvalue weighted by Crippen LogP contribution is 2.26. The van der Waals surface area contributed by atoms with Gasteiger partial charge in [-0.1, -0.05) is 0 Å². The van der Waals surface area contributed by atoms with Crippen molar-refractivity contribution in [2.24, 2.45) is 0 Å². The molecule has 0 atom stereocenters. The molecule has 10 nitrogen and oxygen atoms in total. The molecule has 1 heterocycles. The van der Waals surface area contributed by atoms with Gasteiger partial charge < -0.3 is 19.9 Å². The van der Waals surface area contributed by atoms with Crippen molar-refractivity contribution in [3.8, 4) is 0 Å². The molecular formula is C16H20N4O6. The molecule has 0 saturated carbocycles. The van der Waals surface area contributed by atoms with Crippen molar-refractivity contribution < 1.29 is 24.0 Å². The smallest absolute Gasteiger partial charge is 0.325 e. The molecule has 2 amide bonds. The number of amides is 2. The summed E-state index contributed by atoms with van der Waals surface area (Å²) in [5.74, 6) is -1.39. The summed E-state index contributed by atoms with van der Waals surface area (Å²) in [5, 5.41) is 13.5. The summed E-state index contributed by atoms with van der Waals surface area (Å²) in [6, 6.07) is 4.26. The van der Waals surface area contributed by atoms with Crippen LogP contribution in [0.4, 0.5) is 11.4 Å². The van der Waals surface area contributed by atoms with Gasteiger partial charge in [0.25, 0.3) is 11.6 Å². The van der Waals surface area contributed by atoms with E-state index in [0.29, 0.717) is 31.9 Å². The van der Waals surface area contributed by atoms with Gasteiger partial charge in [-0.2, -0.15) is 0 Å². The Kier molecular flexibility index (Phi) is 6.10. The normalized spacial score (nSPS) is 13.9. The number of carbonyl (C=O) groups excluding carboxylic acids is 3. The average molecular weight is 364 g/mol. The zero-order chi connectivity index (χ0) is 19.3. The van der Waals surface area contributed by atoms with E-state index in [9.17, 15) is 24.5 Å². The monoisotopic (exact) mass is 364 g/mol. The average Bonchev–Trinajstić information content (AvgIpc) is 2.65. The molecule has 1 fully saturated rings. The van der Waals surface area contributed by atoms with Gasteiger partial charge in [0.2, 0.25) is 5.91 Å². The maximum atomic E-state index is 12.3. The zero-order valence-corrected chi connectivity index (χ0v) is 14.6. The van der Waals surface area contributed by atoms with Crippen molar-refractivity contribution in [3.63, 3.8) is 0 Å². The second-order valence-electron chi connectivity index (χ2n) is 5.71. The standard InChI is InChI=1S/C16H20N4O6/c1-11(21)18-5-7-19(8-6-18)12-3-4-14(20(24)25)13(9-12)16(23)17-10-15(22)26-2/h3-4,9H,5-8,10H2,1-2H3,(H,17,23). The second-order valence-corrected chi connectivity index (χ2v) is 5.71. The minimum Gasteiger partial charge on any atom is -0.468 e. The Bertz CT molecular complexity index is 727. The van der Waals surface area contributed by atoms with Crippen LogP contribution in [-0.4, -0.2) is 67.4 Å². The van der Waals surface area contributed by atoms with E-state index in [1.165, 1.54) is 26.2 Å². The molecule has 0 radical (unpaired) electrons. The number of hydrogen-bond acceptors (Lipinski definition) is 7. The van der Waals surface area contributed by atoms with Crippen molar-refractivity contribution in [1.82, 2.24) is 10.2 Å². The highest BCUT2D eigenvalue weighted by molar-refractivity contribution is 6.00. The molecule has 26 heavy (non-hydrogen) atoms. The summed E-state index contributed by atoms with van der Waals surface area (Å²) < 4.78 is 4.43. The van der Waals surface area contributed by atoms with Gasteiger partial charge in [0.1, 0.15) is 12.1 Å². The molecule has 1 saturated heterocycles. The predicted molar refractivity (Wildman–Crippen MR) is 91.9 cm³/mol. The number of methoxy groups -OCH3 is 1. The third-order valence-corrected chi connectivity index (χ3v) is 4.13. The van der Waals surface area contributed by atoms with E-state index in [1.807, 2.05) is 4.90 Å². The van der Waals surface area contributed by atoms with Crippen molar-refractivity contribution in [3.05, 3.63) is 33.9 Å². The minimum atomic E-state index is -0.730. The quantitative estimate of drug-likeness (QED) is 0.449. The Hall–Kier alpha value is -3.17. The second kappa shape index (κ2) is 8.28. The van der Waals surface area contributed by atoms with Crippen LogP contribution >= 0.6 is 0 Å². The van der Waals surface area contributed by atoms with Crippen molar-refractivity contribution in [2.75, 3.05) is 44.7 Å². The SMILES string of the molecule is COC(=O)CNC(=O)c1cc(N2CCN(C(C)=O)CC2)ccc1[N+](=O)[O-]. The number of nitro groups is 1. The molecule has 0 bridgehead atoms. The largest absolute Gasteiger partial charge is 0.468 e. The topological polar surface area (TPSA) is 122 Å². The number of piperazine rings is 1. The number of ether oxygens (including phenoxy) is 1. The van der Waals surface area contributed by atoms with Gasteiger partial charge in [-0.25, -0.2) is 0 Å². The molecule has 1 aromatic rings. The number of anilines is 1. The Morgan fingerprint density at radius 1 is 1.23 bits per heavy atom. The molecule has 1 aliphatic heterocycles. The first-order valence-electron chi connectivity index (χ1n) is 7.97. The Morgan fingerprint density at radius 3 is 2.42 bits per heavy atom. The first-order chi connectivity index (χ1) is 12.3. The van der Waals surface area contributed by atoms with Crippen molar-refractivity contribution in [2.45, 2.75) is 6.92 Å². The van der Waals surface area contributed by atoms with Gasteiger partial charge in [-0.3, -0.25) is 24.5 Å². The lowest BCUT2D eigenvalue weighted by molar-refractivity contribution is -0.385.